The molecule has 0 radical (unpaired) electrons. The fourth-order valence-electron chi connectivity index (χ4n) is 2.59. The van der Waals surface area contributed by atoms with Crippen LogP contribution >= 0.6 is 0 Å². The van der Waals surface area contributed by atoms with E-state index in [1.807, 2.05) is 6.20 Å². The predicted molar refractivity (Wildman–Crippen MR) is 75.1 cm³/mol. The Morgan fingerprint density at radius 2 is 2.26 bits per heavy atom. The molecule has 1 fully saturated rings. The number of likely N-dealkylation sites (tertiary alicyclic amines) is 1. The minimum atomic E-state index is 0.0335. The Labute approximate surface area is 116 Å². The van der Waals surface area contributed by atoms with Gasteiger partial charge in [0.25, 0.3) is 0 Å². The number of ether oxygens (including phenoxy) is 1. The number of rotatable bonds is 4. The van der Waals surface area contributed by atoms with Crippen molar-refractivity contribution in [1.82, 2.24) is 9.88 Å². The number of methoxy groups -OCH3 is 1. The van der Waals surface area contributed by atoms with E-state index in [1.54, 1.807) is 7.11 Å². The van der Waals surface area contributed by atoms with Crippen molar-refractivity contribution in [3.05, 3.63) is 17.8 Å². The van der Waals surface area contributed by atoms with Gasteiger partial charge < -0.3 is 9.15 Å². The van der Waals surface area contributed by atoms with Gasteiger partial charge in [-0.3, -0.25) is 4.90 Å². The average Bonchev–Trinajstić information content (AvgIpc) is 2.78. The number of nitrogens with zero attached hydrogens (tertiary/aromatic N) is 2. The highest BCUT2D eigenvalue weighted by atomic mass is 16.5. The van der Waals surface area contributed by atoms with E-state index in [2.05, 4.69) is 30.7 Å². The van der Waals surface area contributed by atoms with Crippen LogP contribution in [-0.2, 0) is 16.7 Å². The quantitative estimate of drug-likeness (QED) is 0.840. The molecule has 1 atom stereocenters. The lowest BCUT2D eigenvalue weighted by Gasteiger charge is -2.31. The van der Waals surface area contributed by atoms with Crippen molar-refractivity contribution in [2.75, 3.05) is 26.8 Å². The van der Waals surface area contributed by atoms with Gasteiger partial charge in [-0.1, -0.05) is 20.8 Å². The maximum absolute atomic E-state index is 5.86. The summed E-state index contributed by atoms with van der Waals surface area (Å²) in [6.07, 6.45) is 4.37. The van der Waals surface area contributed by atoms with Crippen LogP contribution in [0.2, 0.25) is 0 Å². The fourth-order valence-corrected chi connectivity index (χ4v) is 2.59. The molecule has 1 aromatic rings. The van der Waals surface area contributed by atoms with Crippen molar-refractivity contribution < 1.29 is 9.15 Å². The molecular weight excluding hydrogens is 240 g/mol. The SMILES string of the molecule is COC[C@@H]1CCCN(Cc2ncc(C(C)(C)C)o2)C1. The third kappa shape index (κ3) is 4.05. The Kier molecular flexibility index (Phi) is 4.63. The van der Waals surface area contributed by atoms with Gasteiger partial charge in [0.1, 0.15) is 5.76 Å². The zero-order chi connectivity index (χ0) is 13.9. The van der Waals surface area contributed by atoms with Crippen LogP contribution in [0, 0.1) is 5.92 Å². The molecule has 4 heteroatoms. The molecule has 1 aliphatic heterocycles. The van der Waals surface area contributed by atoms with E-state index in [9.17, 15) is 0 Å². The largest absolute Gasteiger partial charge is 0.444 e. The zero-order valence-corrected chi connectivity index (χ0v) is 12.6. The van der Waals surface area contributed by atoms with E-state index in [4.69, 9.17) is 9.15 Å². The van der Waals surface area contributed by atoms with E-state index in [-0.39, 0.29) is 5.41 Å². The summed E-state index contributed by atoms with van der Waals surface area (Å²) < 4.78 is 11.1. The maximum Gasteiger partial charge on any atom is 0.208 e. The molecular formula is C15H26N2O2. The van der Waals surface area contributed by atoms with Gasteiger partial charge in [0.15, 0.2) is 0 Å². The second-order valence-corrected chi connectivity index (χ2v) is 6.57. The van der Waals surface area contributed by atoms with Crippen LogP contribution in [0.15, 0.2) is 10.6 Å². The molecule has 19 heavy (non-hydrogen) atoms. The Balaban J connectivity index is 1.92. The number of hydrogen-bond donors (Lipinski definition) is 0. The first-order chi connectivity index (χ1) is 8.99. The zero-order valence-electron chi connectivity index (χ0n) is 12.6. The highest BCUT2D eigenvalue weighted by Gasteiger charge is 2.23. The monoisotopic (exact) mass is 266 g/mol. The molecule has 0 spiro atoms. The van der Waals surface area contributed by atoms with Crippen LogP contribution in [-0.4, -0.2) is 36.7 Å². The summed E-state index contributed by atoms with van der Waals surface area (Å²) in [7, 11) is 1.78. The molecule has 1 saturated heterocycles. The van der Waals surface area contributed by atoms with Gasteiger partial charge in [-0.15, -0.1) is 0 Å². The fraction of sp³-hybridized carbons (Fsp3) is 0.800. The summed E-state index contributed by atoms with van der Waals surface area (Å²) in [5, 5.41) is 0. The van der Waals surface area contributed by atoms with Crippen LogP contribution in [0.5, 0.6) is 0 Å². The van der Waals surface area contributed by atoms with E-state index in [0.717, 1.165) is 37.9 Å². The van der Waals surface area contributed by atoms with Crippen LogP contribution in [0.3, 0.4) is 0 Å². The number of hydrogen-bond acceptors (Lipinski definition) is 4. The lowest BCUT2D eigenvalue weighted by atomic mass is 9.94. The molecule has 1 aliphatic rings. The molecule has 4 nitrogen and oxygen atoms in total. The van der Waals surface area contributed by atoms with E-state index in [0.29, 0.717) is 5.92 Å². The van der Waals surface area contributed by atoms with Gasteiger partial charge in [-0.25, -0.2) is 4.98 Å². The minimum Gasteiger partial charge on any atom is -0.444 e. The van der Waals surface area contributed by atoms with E-state index < -0.39 is 0 Å². The van der Waals surface area contributed by atoms with Crippen molar-refractivity contribution in [3.63, 3.8) is 0 Å². The smallest absolute Gasteiger partial charge is 0.208 e. The second kappa shape index (κ2) is 6.06. The Morgan fingerprint density at radius 1 is 1.47 bits per heavy atom. The normalized spacial score (nSPS) is 21.8. The molecule has 0 saturated carbocycles. The first kappa shape index (κ1) is 14.5. The summed E-state index contributed by atoms with van der Waals surface area (Å²) in [6.45, 7) is 10.3. The summed E-state index contributed by atoms with van der Waals surface area (Å²) in [5.41, 5.74) is 0.0335. The highest BCUT2D eigenvalue weighted by molar-refractivity contribution is 5.06. The van der Waals surface area contributed by atoms with Gasteiger partial charge in [-0.2, -0.15) is 0 Å². The average molecular weight is 266 g/mol. The number of piperidine rings is 1. The Bertz CT molecular complexity index is 393. The van der Waals surface area contributed by atoms with Gasteiger partial charge in [0.05, 0.1) is 19.3 Å². The topological polar surface area (TPSA) is 38.5 Å². The van der Waals surface area contributed by atoms with Crippen molar-refractivity contribution in [3.8, 4) is 0 Å². The molecule has 0 amide bonds. The van der Waals surface area contributed by atoms with Crippen molar-refractivity contribution in [1.29, 1.82) is 0 Å². The molecule has 0 bridgehead atoms. The Hall–Kier alpha value is -0.870. The first-order valence-electron chi connectivity index (χ1n) is 7.15. The second-order valence-electron chi connectivity index (χ2n) is 6.57. The van der Waals surface area contributed by atoms with Gasteiger partial charge in [0.2, 0.25) is 5.89 Å². The number of aromatic nitrogens is 1. The summed E-state index contributed by atoms with van der Waals surface area (Å²) in [5.74, 6) is 2.45. The van der Waals surface area contributed by atoms with Gasteiger partial charge in [0, 0.05) is 19.1 Å². The van der Waals surface area contributed by atoms with E-state index in [1.165, 1.54) is 12.8 Å². The third-order valence-electron chi connectivity index (χ3n) is 3.66. The lowest BCUT2D eigenvalue weighted by Crippen LogP contribution is -2.36. The van der Waals surface area contributed by atoms with Crippen LogP contribution < -0.4 is 0 Å². The van der Waals surface area contributed by atoms with E-state index >= 15 is 0 Å². The molecule has 2 heterocycles. The lowest BCUT2D eigenvalue weighted by molar-refractivity contribution is 0.0827. The highest BCUT2D eigenvalue weighted by Crippen LogP contribution is 2.24. The number of oxazole rings is 1. The predicted octanol–water partition coefficient (Wildman–Crippen LogP) is 2.83. The van der Waals surface area contributed by atoms with Crippen molar-refractivity contribution >= 4 is 0 Å². The molecule has 108 valence electrons. The van der Waals surface area contributed by atoms with Crippen LogP contribution in [0.25, 0.3) is 0 Å². The molecule has 0 N–H and O–H groups in total. The summed E-state index contributed by atoms with van der Waals surface area (Å²) >= 11 is 0. The van der Waals surface area contributed by atoms with Crippen molar-refractivity contribution in [2.45, 2.75) is 45.6 Å². The van der Waals surface area contributed by atoms with Crippen molar-refractivity contribution in [2.24, 2.45) is 5.92 Å². The van der Waals surface area contributed by atoms with Gasteiger partial charge in [-0.05, 0) is 25.3 Å². The third-order valence-corrected chi connectivity index (χ3v) is 3.66. The van der Waals surface area contributed by atoms with Crippen LogP contribution in [0.4, 0.5) is 0 Å². The molecule has 0 unspecified atom stereocenters. The molecule has 2 rings (SSSR count). The van der Waals surface area contributed by atoms with Gasteiger partial charge >= 0.3 is 0 Å². The van der Waals surface area contributed by atoms with Crippen LogP contribution in [0.1, 0.15) is 45.3 Å². The maximum atomic E-state index is 5.86. The summed E-state index contributed by atoms with van der Waals surface area (Å²) in [6, 6.07) is 0. The standard InChI is InChI=1S/C15H26N2O2/c1-15(2,3)13-8-16-14(19-13)10-17-7-5-6-12(9-17)11-18-4/h8,12H,5-7,9-11H2,1-4H3/t12-/m1/s1. The molecule has 0 aromatic carbocycles. The molecule has 1 aromatic heterocycles. The minimum absolute atomic E-state index is 0.0335. The summed E-state index contributed by atoms with van der Waals surface area (Å²) in [4.78, 5) is 6.83. The molecule has 0 aliphatic carbocycles. The first-order valence-corrected chi connectivity index (χ1v) is 7.15. The Morgan fingerprint density at radius 3 is 2.89 bits per heavy atom.